The van der Waals surface area contributed by atoms with Crippen LogP contribution in [0.2, 0.25) is 0 Å². The first-order valence-corrected chi connectivity index (χ1v) is 11.3. The predicted molar refractivity (Wildman–Crippen MR) is 127 cm³/mol. The van der Waals surface area contributed by atoms with E-state index in [1.54, 1.807) is 14.2 Å². The molecular weight excluding hydrogens is 420 g/mol. The molecule has 1 amide bonds. The molecule has 1 aliphatic rings. The second kappa shape index (κ2) is 11.8. The molecule has 1 atom stereocenters. The number of ether oxygens (including phenoxy) is 3. The van der Waals surface area contributed by atoms with Crippen molar-refractivity contribution in [1.82, 2.24) is 10.2 Å². The maximum atomic E-state index is 12.6. The topological polar surface area (TPSA) is 77.1 Å². The van der Waals surface area contributed by atoms with E-state index in [-0.39, 0.29) is 30.6 Å². The summed E-state index contributed by atoms with van der Waals surface area (Å²) >= 11 is 0. The van der Waals surface area contributed by atoms with E-state index in [0.29, 0.717) is 36.8 Å². The fraction of sp³-hybridized carbons (Fsp3) is 0.462. The van der Waals surface area contributed by atoms with Crippen LogP contribution in [-0.2, 0) is 9.53 Å². The SMILES string of the molecule is COc1ccc([C@@H](CNC(=O)CCC(=O)c2ccc(C)c(C)c2)N2CCOCC2)cc1OC. The molecule has 33 heavy (non-hydrogen) atoms. The number of morpholine rings is 1. The van der Waals surface area contributed by atoms with Crippen molar-refractivity contribution in [2.45, 2.75) is 32.7 Å². The Labute approximate surface area is 196 Å². The van der Waals surface area contributed by atoms with Crippen molar-refractivity contribution in [2.75, 3.05) is 47.1 Å². The fourth-order valence-electron chi connectivity index (χ4n) is 3.99. The number of ketones is 1. The van der Waals surface area contributed by atoms with Gasteiger partial charge in [0.15, 0.2) is 17.3 Å². The monoisotopic (exact) mass is 454 g/mol. The summed E-state index contributed by atoms with van der Waals surface area (Å²) in [5.74, 6) is 1.17. The molecule has 1 heterocycles. The molecule has 1 saturated heterocycles. The van der Waals surface area contributed by atoms with Gasteiger partial charge in [-0.25, -0.2) is 0 Å². The van der Waals surface area contributed by atoms with E-state index in [1.165, 1.54) is 0 Å². The first-order chi connectivity index (χ1) is 15.9. The van der Waals surface area contributed by atoms with E-state index in [0.717, 1.165) is 29.8 Å². The van der Waals surface area contributed by atoms with E-state index in [4.69, 9.17) is 14.2 Å². The molecule has 2 aromatic rings. The van der Waals surface area contributed by atoms with Crippen LogP contribution in [0.4, 0.5) is 0 Å². The number of benzene rings is 2. The van der Waals surface area contributed by atoms with Gasteiger partial charge in [0.1, 0.15) is 0 Å². The van der Waals surface area contributed by atoms with Crippen molar-refractivity contribution >= 4 is 11.7 Å². The number of rotatable bonds is 10. The summed E-state index contributed by atoms with van der Waals surface area (Å²) in [6.07, 6.45) is 0.348. The average Bonchev–Trinajstić information content (AvgIpc) is 2.84. The van der Waals surface area contributed by atoms with Crippen LogP contribution in [0.3, 0.4) is 0 Å². The lowest BCUT2D eigenvalue weighted by molar-refractivity contribution is -0.121. The lowest BCUT2D eigenvalue weighted by Crippen LogP contribution is -2.43. The first kappa shape index (κ1) is 24.7. The van der Waals surface area contributed by atoms with Crippen LogP contribution in [0.1, 0.15) is 45.9 Å². The Kier molecular flexibility index (Phi) is 8.86. The quantitative estimate of drug-likeness (QED) is 0.554. The number of nitrogens with zero attached hydrogens (tertiary/aromatic N) is 1. The van der Waals surface area contributed by atoms with Gasteiger partial charge in [-0.2, -0.15) is 0 Å². The highest BCUT2D eigenvalue weighted by Crippen LogP contribution is 2.32. The zero-order valence-electron chi connectivity index (χ0n) is 20.0. The van der Waals surface area contributed by atoms with Crippen molar-refractivity contribution in [3.63, 3.8) is 0 Å². The minimum atomic E-state index is -0.133. The van der Waals surface area contributed by atoms with E-state index in [9.17, 15) is 9.59 Å². The van der Waals surface area contributed by atoms with Crippen LogP contribution in [0.5, 0.6) is 11.5 Å². The van der Waals surface area contributed by atoms with Crippen molar-refractivity contribution in [3.8, 4) is 11.5 Å². The third-order valence-electron chi connectivity index (χ3n) is 6.18. The van der Waals surface area contributed by atoms with Gasteiger partial charge in [0.2, 0.25) is 5.91 Å². The van der Waals surface area contributed by atoms with E-state index < -0.39 is 0 Å². The van der Waals surface area contributed by atoms with Crippen LogP contribution >= 0.6 is 0 Å². The largest absolute Gasteiger partial charge is 0.493 e. The Balaban J connectivity index is 1.63. The molecule has 0 bridgehead atoms. The predicted octanol–water partition coefficient (Wildman–Crippen LogP) is 3.47. The van der Waals surface area contributed by atoms with Crippen molar-refractivity contribution in [3.05, 3.63) is 58.7 Å². The Morgan fingerprint density at radius 2 is 1.70 bits per heavy atom. The van der Waals surface area contributed by atoms with Crippen molar-refractivity contribution in [1.29, 1.82) is 0 Å². The molecule has 3 rings (SSSR count). The summed E-state index contributed by atoms with van der Waals surface area (Å²) < 4.78 is 16.3. The zero-order chi connectivity index (χ0) is 23.8. The lowest BCUT2D eigenvalue weighted by atomic mass is 10.0. The maximum Gasteiger partial charge on any atom is 0.220 e. The fourth-order valence-corrected chi connectivity index (χ4v) is 3.99. The van der Waals surface area contributed by atoms with Gasteiger partial charge >= 0.3 is 0 Å². The smallest absolute Gasteiger partial charge is 0.220 e. The molecule has 2 aromatic carbocycles. The van der Waals surface area contributed by atoms with Gasteiger partial charge in [0, 0.05) is 38.0 Å². The molecule has 7 heteroatoms. The zero-order valence-corrected chi connectivity index (χ0v) is 20.0. The second-order valence-electron chi connectivity index (χ2n) is 8.30. The highest BCUT2D eigenvalue weighted by molar-refractivity contribution is 5.98. The van der Waals surface area contributed by atoms with E-state index in [2.05, 4.69) is 10.2 Å². The van der Waals surface area contributed by atoms with Gasteiger partial charge in [0.25, 0.3) is 0 Å². The lowest BCUT2D eigenvalue weighted by Gasteiger charge is -2.35. The van der Waals surface area contributed by atoms with Crippen LogP contribution < -0.4 is 14.8 Å². The van der Waals surface area contributed by atoms with E-state index >= 15 is 0 Å². The molecule has 0 saturated carbocycles. The Bertz CT molecular complexity index is 969. The molecule has 1 aliphatic heterocycles. The van der Waals surface area contributed by atoms with E-state index in [1.807, 2.05) is 50.2 Å². The van der Waals surface area contributed by atoms with Gasteiger partial charge in [-0.1, -0.05) is 18.2 Å². The molecule has 1 fully saturated rings. The average molecular weight is 455 g/mol. The maximum absolute atomic E-state index is 12.6. The summed E-state index contributed by atoms with van der Waals surface area (Å²) in [4.78, 5) is 27.4. The number of carbonyl (C=O) groups is 2. The normalized spacial score (nSPS) is 15.0. The number of hydrogen-bond acceptors (Lipinski definition) is 6. The summed E-state index contributed by atoms with van der Waals surface area (Å²) in [5.41, 5.74) is 3.91. The van der Waals surface area contributed by atoms with Crippen LogP contribution in [0, 0.1) is 13.8 Å². The molecule has 0 radical (unpaired) electrons. The highest BCUT2D eigenvalue weighted by Gasteiger charge is 2.24. The van der Waals surface area contributed by atoms with Crippen molar-refractivity contribution < 1.29 is 23.8 Å². The molecule has 0 unspecified atom stereocenters. The van der Waals surface area contributed by atoms with Gasteiger partial charge in [-0.3, -0.25) is 14.5 Å². The minimum absolute atomic E-state index is 0.0159. The standard InChI is InChI=1S/C26H34N2O5/c1-18-5-6-21(15-19(18)2)23(29)8-10-26(30)27-17-22(28-11-13-33-14-12-28)20-7-9-24(31-3)25(16-20)32-4/h5-7,9,15-16,22H,8,10-14,17H2,1-4H3,(H,27,30)/t22-/m1/s1. The third-order valence-corrected chi connectivity index (χ3v) is 6.18. The Morgan fingerprint density at radius 1 is 0.970 bits per heavy atom. The van der Waals surface area contributed by atoms with Crippen LogP contribution in [0.15, 0.2) is 36.4 Å². The number of Topliss-reactive ketones (excluding diaryl/α,β-unsaturated/α-hetero) is 1. The number of methoxy groups -OCH3 is 2. The molecular formula is C26H34N2O5. The van der Waals surface area contributed by atoms with Crippen LogP contribution in [-0.4, -0.2) is 63.7 Å². The summed E-state index contributed by atoms with van der Waals surface area (Å²) in [6, 6.07) is 11.5. The van der Waals surface area contributed by atoms with Gasteiger partial charge in [0.05, 0.1) is 33.5 Å². The summed E-state index contributed by atoms with van der Waals surface area (Å²) in [7, 11) is 3.22. The molecule has 1 N–H and O–H groups in total. The highest BCUT2D eigenvalue weighted by atomic mass is 16.5. The number of nitrogens with one attached hydrogen (secondary N) is 1. The Hall–Kier alpha value is -2.90. The second-order valence-corrected chi connectivity index (χ2v) is 8.30. The third kappa shape index (κ3) is 6.55. The number of hydrogen-bond donors (Lipinski definition) is 1. The molecule has 0 aliphatic carbocycles. The molecule has 178 valence electrons. The number of amides is 1. The summed E-state index contributed by atoms with van der Waals surface area (Å²) in [5, 5.41) is 3.03. The first-order valence-electron chi connectivity index (χ1n) is 11.3. The molecule has 7 nitrogen and oxygen atoms in total. The van der Waals surface area contributed by atoms with Crippen LogP contribution in [0.25, 0.3) is 0 Å². The molecule has 0 aromatic heterocycles. The number of aryl methyl sites for hydroxylation is 2. The number of carbonyl (C=O) groups excluding carboxylic acids is 2. The summed E-state index contributed by atoms with van der Waals surface area (Å²) in [6.45, 7) is 7.30. The van der Waals surface area contributed by atoms with Gasteiger partial charge < -0.3 is 19.5 Å². The minimum Gasteiger partial charge on any atom is -0.493 e. The molecule has 0 spiro atoms. The Morgan fingerprint density at radius 3 is 2.36 bits per heavy atom. The van der Waals surface area contributed by atoms with Gasteiger partial charge in [-0.05, 0) is 48.7 Å². The van der Waals surface area contributed by atoms with Gasteiger partial charge in [-0.15, -0.1) is 0 Å². The van der Waals surface area contributed by atoms with Crippen molar-refractivity contribution in [2.24, 2.45) is 0 Å².